The maximum absolute atomic E-state index is 14.2. The van der Waals surface area contributed by atoms with Gasteiger partial charge in [-0.1, -0.05) is 80.1 Å². The second-order valence-corrected chi connectivity index (χ2v) is 9.77. The van der Waals surface area contributed by atoms with Crippen LogP contribution in [-0.2, 0) is 25.7 Å². The van der Waals surface area contributed by atoms with Gasteiger partial charge >= 0.3 is 11.9 Å². The minimum absolute atomic E-state index is 0.145. The summed E-state index contributed by atoms with van der Waals surface area (Å²) < 4.78 is 80.3. The molecule has 0 aliphatic carbocycles. The molecule has 0 aromatic heterocycles. The first-order valence-electron chi connectivity index (χ1n) is 9.14. The number of esters is 2. The van der Waals surface area contributed by atoms with Gasteiger partial charge in [0.15, 0.2) is 0 Å². The highest BCUT2D eigenvalue weighted by Crippen LogP contribution is 3.02. The maximum atomic E-state index is 14.2. The Morgan fingerprint density at radius 2 is 1.45 bits per heavy atom. The summed E-state index contributed by atoms with van der Waals surface area (Å²) in [7, 11) is -9.43. The Hall–Kier alpha value is -2.66. The van der Waals surface area contributed by atoms with E-state index in [9.17, 15) is 29.0 Å². The SMILES string of the molecule is COC(=O)[C@H]1N[C@@H](c2ccccc2)[C@H](S(F)(F)(F)(F)F)[C@H]1C(=O)OCc1ccccc1. The number of carbonyl (C=O) groups excluding carboxylic acids is 2. The Bertz CT molecular complexity index is 957. The van der Waals surface area contributed by atoms with Gasteiger partial charge in [-0.2, -0.15) is 0 Å². The van der Waals surface area contributed by atoms with Crippen molar-refractivity contribution in [2.75, 3.05) is 7.11 Å². The zero-order valence-corrected chi connectivity index (χ0v) is 17.0. The highest BCUT2D eigenvalue weighted by molar-refractivity contribution is 8.46. The first kappa shape index (κ1) is 23.0. The van der Waals surface area contributed by atoms with E-state index >= 15 is 0 Å². The highest BCUT2D eigenvalue weighted by Gasteiger charge is 2.78. The minimum Gasteiger partial charge on any atom is -0.468 e. The summed E-state index contributed by atoms with van der Waals surface area (Å²) in [5, 5.41) is -1.21. The Kier molecular flexibility index (Phi) is 5.56. The molecule has 0 unspecified atom stereocenters. The lowest BCUT2D eigenvalue weighted by atomic mass is 9.95. The van der Waals surface area contributed by atoms with Crippen LogP contribution in [0.2, 0.25) is 0 Å². The maximum Gasteiger partial charge on any atom is 0.323 e. The number of ether oxygens (including phenoxy) is 2. The Morgan fingerprint density at radius 3 is 1.97 bits per heavy atom. The summed E-state index contributed by atoms with van der Waals surface area (Å²) in [5.41, 5.74) is 0.299. The van der Waals surface area contributed by atoms with Crippen LogP contribution in [0, 0.1) is 5.92 Å². The van der Waals surface area contributed by atoms with Crippen LogP contribution in [0.5, 0.6) is 0 Å². The largest absolute Gasteiger partial charge is 0.468 e. The topological polar surface area (TPSA) is 64.6 Å². The molecule has 1 heterocycles. The van der Waals surface area contributed by atoms with Gasteiger partial charge in [-0.15, -0.1) is 0 Å². The molecule has 2 aromatic carbocycles. The normalized spacial score (nSPS) is 25.9. The van der Waals surface area contributed by atoms with E-state index in [0.29, 0.717) is 5.56 Å². The van der Waals surface area contributed by atoms with Crippen molar-refractivity contribution in [1.29, 1.82) is 0 Å². The number of halogens is 5. The van der Waals surface area contributed by atoms with E-state index in [1.165, 1.54) is 30.3 Å². The van der Waals surface area contributed by atoms with Crippen LogP contribution in [0.1, 0.15) is 17.2 Å². The van der Waals surface area contributed by atoms with E-state index in [2.05, 4.69) is 10.1 Å². The summed E-state index contributed by atoms with van der Waals surface area (Å²) in [5.74, 6) is -5.37. The molecule has 1 N–H and O–H groups in total. The summed E-state index contributed by atoms with van der Waals surface area (Å²) in [6.45, 7) is -0.437. The van der Waals surface area contributed by atoms with E-state index in [4.69, 9.17) is 4.74 Å². The van der Waals surface area contributed by atoms with Crippen LogP contribution < -0.4 is 5.32 Å². The van der Waals surface area contributed by atoms with Crippen molar-refractivity contribution in [3.05, 3.63) is 71.8 Å². The summed E-state index contributed by atoms with van der Waals surface area (Å²) >= 11 is 0. The van der Waals surface area contributed by atoms with Crippen LogP contribution >= 0.6 is 10.2 Å². The molecule has 0 amide bonds. The van der Waals surface area contributed by atoms with E-state index < -0.39 is 52.0 Å². The molecule has 1 saturated heterocycles. The molecule has 0 spiro atoms. The standard InChI is InChI=1S/C20H20F5NO4S/c1-29-20(28)17-15(19(27)30-12-13-8-4-2-5-9-13)18(31(21,22,23,24)25)16(26-17)14-10-6-3-7-11-14/h2-11,15-18,26H,12H2,1H3/t15-,16-,17-,18+/m0/s1. The van der Waals surface area contributed by atoms with Crippen molar-refractivity contribution in [2.24, 2.45) is 5.92 Å². The molecule has 3 rings (SSSR count). The average molecular weight is 465 g/mol. The number of hydrogen-bond donors (Lipinski definition) is 1. The van der Waals surface area contributed by atoms with Gasteiger partial charge in [0.05, 0.1) is 13.2 Å². The van der Waals surface area contributed by atoms with Crippen LogP contribution in [0.4, 0.5) is 19.4 Å². The lowest BCUT2D eigenvalue weighted by Gasteiger charge is -2.49. The summed E-state index contributed by atoms with van der Waals surface area (Å²) in [4.78, 5) is 24.9. The summed E-state index contributed by atoms with van der Waals surface area (Å²) in [6, 6.07) is 10.6. The minimum atomic E-state index is -10.3. The van der Waals surface area contributed by atoms with Gasteiger partial charge in [-0.05, 0) is 11.1 Å². The predicted molar refractivity (Wildman–Crippen MR) is 105 cm³/mol. The molecule has 5 nitrogen and oxygen atoms in total. The molecule has 31 heavy (non-hydrogen) atoms. The number of benzene rings is 2. The third kappa shape index (κ3) is 5.16. The zero-order valence-electron chi connectivity index (χ0n) is 16.2. The van der Waals surface area contributed by atoms with E-state index in [-0.39, 0.29) is 5.56 Å². The monoisotopic (exact) mass is 465 g/mol. The van der Waals surface area contributed by atoms with Crippen molar-refractivity contribution in [3.63, 3.8) is 0 Å². The molecular formula is C20H20F5NO4S. The van der Waals surface area contributed by atoms with Crippen molar-refractivity contribution in [2.45, 2.75) is 23.9 Å². The smallest absolute Gasteiger partial charge is 0.323 e. The molecule has 170 valence electrons. The molecule has 1 fully saturated rings. The van der Waals surface area contributed by atoms with E-state index in [1.54, 1.807) is 30.3 Å². The van der Waals surface area contributed by atoms with Crippen LogP contribution in [0.15, 0.2) is 60.7 Å². The van der Waals surface area contributed by atoms with Crippen molar-refractivity contribution >= 4 is 22.2 Å². The van der Waals surface area contributed by atoms with Gasteiger partial charge in [0.2, 0.25) is 0 Å². The number of rotatable bonds is 6. The van der Waals surface area contributed by atoms with Crippen LogP contribution in [0.25, 0.3) is 0 Å². The predicted octanol–water partition coefficient (Wildman–Crippen LogP) is 4.90. The molecule has 2 aromatic rings. The Labute approximate surface area is 175 Å². The number of methoxy groups -OCH3 is 1. The van der Waals surface area contributed by atoms with E-state index in [1.807, 2.05) is 0 Å². The average Bonchev–Trinajstić information content (AvgIpc) is 3.14. The van der Waals surface area contributed by atoms with Gasteiger partial charge in [0, 0.05) is 0 Å². The van der Waals surface area contributed by atoms with Gasteiger partial charge < -0.3 is 9.47 Å². The third-order valence-electron chi connectivity index (χ3n) is 5.02. The van der Waals surface area contributed by atoms with Crippen molar-refractivity contribution in [1.82, 2.24) is 5.32 Å². The fourth-order valence-corrected chi connectivity index (χ4v) is 5.28. The quantitative estimate of drug-likeness (QED) is 0.486. The second kappa shape index (κ2) is 7.49. The first-order valence-corrected chi connectivity index (χ1v) is 11.2. The molecule has 0 radical (unpaired) electrons. The lowest BCUT2D eigenvalue weighted by molar-refractivity contribution is -0.156. The zero-order chi connectivity index (χ0) is 22.9. The van der Waals surface area contributed by atoms with Gasteiger partial charge in [0.1, 0.15) is 23.8 Å². The van der Waals surface area contributed by atoms with Crippen LogP contribution in [0.3, 0.4) is 0 Å². The van der Waals surface area contributed by atoms with E-state index in [0.717, 1.165) is 7.11 Å². The lowest BCUT2D eigenvalue weighted by Crippen LogP contribution is -2.44. The molecule has 0 saturated carbocycles. The van der Waals surface area contributed by atoms with Gasteiger partial charge in [-0.25, -0.2) is 0 Å². The fourth-order valence-electron chi connectivity index (χ4n) is 3.71. The molecule has 4 atom stereocenters. The Balaban J connectivity index is 2.04. The number of carbonyl (C=O) groups is 2. The van der Waals surface area contributed by atoms with Crippen molar-refractivity contribution in [3.8, 4) is 0 Å². The summed E-state index contributed by atoms with van der Waals surface area (Å²) in [6.07, 6.45) is 0. The molecule has 1 aliphatic rings. The second-order valence-electron chi connectivity index (χ2n) is 7.17. The third-order valence-corrected chi connectivity index (χ3v) is 6.62. The van der Waals surface area contributed by atoms with Crippen molar-refractivity contribution < 1.29 is 38.5 Å². The fraction of sp³-hybridized carbons (Fsp3) is 0.300. The molecule has 1 aliphatic heterocycles. The number of hydrogen-bond acceptors (Lipinski definition) is 5. The molecular weight excluding hydrogens is 445 g/mol. The van der Waals surface area contributed by atoms with Gasteiger partial charge in [0.25, 0.3) is 10.2 Å². The highest BCUT2D eigenvalue weighted by atomic mass is 32.5. The molecule has 0 bridgehead atoms. The Morgan fingerprint density at radius 1 is 0.903 bits per heavy atom. The van der Waals surface area contributed by atoms with Crippen LogP contribution in [-0.4, -0.2) is 30.3 Å². The number of nitrogens with one attached hydrogen (secondary N) is 1. The first-order chi connectivity index (χ1) is 14.3. The molecule has 11 heteroatoms. The van der Waals surface area contributed by atoms with Gasteiger partial charge in [-0.3, -0.25) is 14.9 Å².